The third-order valence-electron chi connectivity index (χ3n) is 3.77. The highest BCUT2D eigenvalue weighted by atomic mass is 35.5. The molecule has 0 aliphatic carbocycles. The van der Waals surface area contributed by atoms with E-state index in [2.05, 4.69) is 10.3 Å². The van der Waals surface area contributed by atoms with Gasteiger partial charge in [0, 0.05) is 11.1 Å². The zero-order valence-corrected chi connectivity index (χ0v) is 14.0. The van der Waals surface area contributed by atoms with Gasteiger partial charge >= 0.3 is 6.18 Å². The van der Waals surface area contributed by atoms with Crippen LogP contribution in [-0.4, -0.2) is 25.3 Å². The van der Waals surface area contributed by atoms with Crippen LogP contribution in [0.15, 0.2) is 35.3 Å². The van der Waals surface area contributed by atoms with E-state index in [1.165, 1.54) is 19.2 Å². The number of rotatable bonds is 2. The van der Waals surface area contributed by atoms with E-state index in [0.717, 1.165) is 18.2 Å². The number of hydrogen-bond donors (Lipinski definition) is 1. The Hall–Kier alpha value is -2.61. The SMILES string of the molecule is COc1ccc(F)c(C2=NCC(=O)Nc3ccc(C(F)(F)F)c(Cl)c32)c1. The number of benzene rings is 2. The zero-order valence-electron chi connectivity index (χ0n) is 13.2. The van der Waals surface area contributed by atoms with Crippen molar-refractivity contribution in [2.75, 3.05) is 19.0 Å². The second-order valence-corrected chi connectivity index (χ2v) is 5.78. The highest BCUT2D eigenvalue weighted by molar-refractivity contribution is 6.38. The van der Waals surface area contributed by atoms with E-state index in [1.807, 2.05) is 0 Å². The smallest absolute Gasteiger partial charge is 0.417 e. The number of alkyl halides is 3. The van der Waals surface area contributed by atoms with E-state index in [9.17, 15) is 22.4 Å². The van der Waals surface area contributed by atoms with Gasteiger partial charge in [-0.2, -0.15) is 13.2 Å². The molecule has 26 heavy (non-hydrogen) atoms. The highest BCUT2D eigenvalue weighted by Gasteiger charge is 2.36. The largest absolute Gasteiger partial charge is 0.497 e. The third-order valence-corrected chi connectivity index (χ3v) is 4.16. The van der Waals surface area contributed by atoms with E-state index in [4.69, 9.17) is 16.3 Å². The van der Waals surface area contributed by atoms with Gasteiger partial charge in [-0.05, 0) is 30.3 Å². The fourth-order valence-electron chi connectivity index (χ4n) is 2.58. The summed E-state index contributed by atoms with van der Waals surface area (Å²) >= 11 is 6.00. The molecule has 0 atom stereocenters. The van der Waals surface area contributed by atoms with Crippen LogP contribution in [0.2, 0.25) is 5.02 Å². The number of nitrogens with zero attached hydrogens (tertiary/aromatic N) is 1. The molecule has 0 aromatic heterocycles. The van der Waals surface area contributed by atoms with Gasteiger partial charge in [0.25, 0.3) is 0 Å². The van der Waals surface area contributed by atoms with Gasteiger partial charge in [-0.25, -0.2) is 4.39 Å². The van der Waals surface area contributed by atoms with Crippen LogP contribution in [0.25, 0.3) is 0 Å². The summed E-state index contributed by atoms with van der Waals surface area (Å²) in [6.45, 7) is -0.391. The normalized spacial score (nSPS) is 14.2. The van der Waals surface area contributed by atoms with Crippen molar-refractivity contribution in [2.45, 2.75) is 6.18 Å². The first-order chi connectivity index (χ1) is 12.2. The van der Waals surface area contributed by atoms with Crippen LogP contribution in [-0.2, 0) is 11.0 Å². The topological polar surface area (TPSA) is 50.7 Å². The number of benzodiazepines with no additional fused rings is 1. The number of aliphatic imine (C=N–C) groups is 1. The number of carbonyl (C=O) groups is 1. The van der Waals surface area contributed by atoms with Gasteiger partial charge in [-0.15, -0.1) is 0 Å². The maximum Gasteiger partial charge on any atom is 0.417 e. The number of halogens is 5. The van der Waals surface area contributed by atoms with E-state index in [1.54, 1.807) is 0 Å². The standard InChI is InChI=1S/C17H11ClF4N2O2/c1-26-8-2-4-11(19)9(6-8)16-14-12(24-13(25)7-23-16)5-3-10(15(14)18)17(20,21)22/h2-6H,7H2,1H3,(H,24,25). The summed E-state index contributed by atoms with van der Waals surface area (Å²) in [5.41, 5.74) is -1.56. The molecule has 2 aromatic carbocycles. The molecule has 0 bridgehead atoms. The molecule has 0 saturated heterocycles. The third kappa shape index (κ3) is 3.24. The van der Waals surface area contributed by atoms with Crippen LogP contribution >= 0.6 is 11.6 Å². The monoisotopic (exact) mass is 386 g/mol. The summed E-state index contributed by atoms with van der Waals surface area (Å²) in [7, 11) is 1.36. The van der Waals surface area contributed by atoms with Crippen molar-refractivity contribution in [3.8, 4) is 5.75 Å². The Balaban J connectivity index is 2.31. The molecule has 1 N–H and O–H groups in total. The van der Waals surface area contributed by atoms with Crippen molar-refractivity contribution in [2.24, 2.45) is 4.99 Å². The molecule has 0 saturated carbocycles. The van der Waals surface area contributed by atoms with Crippen LogP contribution in [0.5, 0.6) is 5.75 Å². The van der Waals surface area contributed by atoms with Crippen molar-refractivity contribution in [1.82, 2.24) is 0 Å². The Morgan fingerprint density at radius 3 is 2.62 bits per heavy atom. The van der Waals surface area contributed by atoms with E-state index < -0.39 is 35.0 Å². The van der Waals surface area contributed by atoms with Crippen molar-refractivity contribution in [3.63, 3.8) is 0 Å². The Morgan fingerprint density at radius 2 is 1.96 bits per heavy atom. The van der Waals surface area contributed by atoms with Crippen molar-refractivity contribution in [1.29, 1.82) is 0 Å². The van der Waals surface area contributed by atoms with Gasteiger partial charge in [0.1, 0.15) is 18.1 Å². The predicted octanol–water partition coefficient (Wildman–Crippen LogP) is 4.30. The van der Waals surface area contributed by atoms with Crippen LogP contribution in [0.3, 0.4) is 0 Å². The summed E-state index contributed by atoms with van der Waals surface area (Å²) < 4.78 is 59.1. The molecule has 0 fully saturated rings. The van der Waals surface area contributed by atoms with E-state index in [0.29, 0.717) is 0 Å². The minimum atomic E-state index is -4.72. The number of nitrogens with one attached hydrogen (secondary N) is 1. The molecule has 0 unspecified atom stereocenters. The summed E-state index contributed by atoms with van der Waals surface area (Å²) in [6.07, 6.45) is -4.72. The fourth-order valence-corrected chi connectivity index (χ4v) is 2.94. The van der Waals surface area contributed by atoms with Crippen LogP contribution in [0.1, 0.15) is 16.7 Å². The van der Waals surface area contributed by atoms with E-state index in [-0.39, 0.29) is 28.3 Å². The fraction of sp³-hybridized carbons (Fsp3) is 0.176. The first kappa shape index (κ1) is 18.2. The molecule has 0 spiro atoms. The summed E-state index contributed by atoms with van der Waals surface area (Å²) in [5.74, 6) is -1.02. The van der Waals surface area contributed by atoms with Crippen LogP contribution in [0.4, 0.5) is 23.2 Å². The number of hydrogen-bond acceptors (Lipinski definition) is 3. The number of amides is 1. The molecule has 1 amide bonds. The molecule has 1 heterocycles. The maximum absolute atomic E-state index is 14.4. The van der Waals surface area contributed by atoms with Crippen LogP contribution < -0.4 is 10.1 Å². The average Bonchev–Trinajstić information content (AvgIpc) is 2.73. The number of carbonyl (C=O) groups excluding carboxylic acids is 1. The molecule has 2 aromatic rings. The minimum absolute atomic E-state index is 0.0199. The Labute approximate surface area is 150 Å². The molecule has 4 nitrogen and oxygen atoms in total. The second kappa shape index (κ2) is 6.60. The van der Waals surface area contributed by atoms with Gasteiger partial charge in [0.2, 0.25) is 5.91 Å². The summed E-state index contributed by atoms with van der Waals surface area (Å²) in [6, 6.07) is 5.56. The second-order valence-electron chi connectivity index (χ2n) is 5.41. The Morgan fingerprint density at radius 1 is 1.23 bits per heavy atom. The molecular formula is C17H11ClF4N2O2. The number of fused-ring (bicyclic) bond motifs is 1. The molecule has 1 aliphatic rings. The van der Waals surface area contributed by atoms with Crippen molar-refractivity contribution < 1.29 is 27.1 Å². The minimum Gasteiger partial charge on any atom is -0.497 e. The van der Waals surface area contributed by atoms with Gasteiger partial charge in [0.05, 0.1) is 29.1 Å². The van der Waals surface area contributed by atoms with Gasteiger partial charge in [-0.3, -0.25) is 9.79 Å². The lowest BCUT2D eigenvalue weighted by atomic mass is 9.97. The van der Waals surface area contributed by atoms with Crippen molar-refractivity contribution in [3.05, 3.63) is 57.9 Å². The van der Waals surface area contributed by atoms with Crippen LogP contribution in [0, 0.1) is 5.82 Å². The quantitative estimate of drug-likeness (QED) is 0.782. The van der Waals surface area contributed by atoms with Gasteiger partial charge in [-0.1, -0.05) is 11.6 Å². The lowest BCUT2D eigenvalue weighted by Crippen LogP contribution is -2.15. The van der Waals surface area contributed by atoms with Gasteiger partial charge in [0.15, 0.2) is 0 Å². The maximum atomic E-state index is 14.4. The molecule has 3 rings (SSSR count). The Kier molecular flexibility index (Phi) is 4.62. The number of methoxy groups -OCH3 is 1. The number of ether oxygens (including phenoxy) is 1. The first-order valence-corrected chi connectivity index (χ1v) is 7.68. The molecule has 9 heteroatoms. The predicted molar refractivity (Wildman–Crippen MR) is 88.5 cm³/mol. The molecule has 1 aliphatic heterocycles. The van der Waals surface area contributed by atoms with Gasteiger partial charge < -0.3 is 10.1 Å². The zero-order chi connectivity index (χ0) is 19.1. The first-order valence-electron chi connectivity index (χ1n) is 7.30. The summed E-state index contributed by atoms with van der Waals surface area (Å²) in [4.78, 5) is 15.8. The molecular weight excluding hydrogens is 376 g/mol. The molecule has 136 valence electrons. The van der Waals surface area contributed by atoms with Crippen molar-refractivity contribution >= 4 is 28.9 Å². The lowest BCUT2D eigenvalue weighted by molar-refractivity contribution is -0.137. The number of anilines is 1. The highest BCUT2D eigenvalue weighted by Crippen LogP contribution is 2.40. The summed E-state index contributed by atoms with van der Waals surface area (Å²) in [5, 5.41) is 1.76. The Bertz CT molecular complexity index is 926. The van der Waals surface area contributed by atoms with E-state index >= 15 is 0 Å². The average molecular weight is 387 g/mol. The molecule has 0 radical (unpaired) electrons. The lowest BCUT2D eigenvalue weighted by Gasteiger charge is -2.17.